The van der Waals surface area contributed by atoms with Crippen LogP contribution in [0.1, 0.15) is 11.1 Å². The van der Waals surface area contributed by atoms with Crippen LogP contribution in [0.4, 0.5) is 5.69 Å². The number of allylic oxidation sites excluding steroid dienone is 1. The van der Waals surface area contributed by atoms with Crippen molar-refractivity contribution in [2.75, 3.05) is 44.8 Å². The van der Waals surface area contributed by atoms with Gasteiger partial charge in [-0.1, -0.05) is 24.3 Å². The predicted octanol–water partition coefficient (Wildman–Crippen LogP) is 3.14. The Kier molecular flexibility index (Phi) is 8.30. The summed E-state index contributed by atoms with van der Waals surface area (Å²) in [5.74, 6) is -0.831. The molecule has 1 aliphatic heterocycles. The summed E-state index contributed by atoms with van der Waals surface area (Å²) in [5.41, 5.74) is 2.34. The van der Waals surface area contributed by atoms with Gasteiger partial charge in [0.05, 0.1) is 7.11 Å². The summed E-state index contributed by atoms with van der Waals surface area (Å²) < 4.78 is 10.8. The molecule has 34 heavy (non-hydrogen) atoms. The lowest BCUT2D eigenvalue weighted by Gasteiger charge is -2.36. The van der Waals surface area contributed by atoms with Crippen LogP contribution >= 0.6 is 0 Å². The zero-order valence-electron chi connectivity index (χ0n) is 19.1. The number of piperazine rings is 1. The molecule has 0 atom stereocenters. The second-order valence-corrected chi connectivity index (χ2v) is 7.67. The van der Waals surface area contributed by atoms with Gasteiger partial charge < -0.3 is 24.4 Å². The van der Waals surface area contributed by atoms with Crippen molar-refractivity contribution in [3.8, 4) is 17.6 Å². The number of benzene rings is 2. The summed E-state index contributed by atoms with van der Waals surface area (Å²) in [4.78, 5) is 27.9. The predicted molar refractivity (Wildman–Crippen MR) is 129 cm³/mol. The van der Waals surface area contributed by atoms with Crippen molar-refractivity contribution in [3.63, 3.8) is 0 Å². The van der Waals surface area contributed by atoms with Gasteiger partial charge in [0, 0.05) is 37.4 Å². The van der Waals surface area contributed by atoms with E-state index in [1.54, 1.807) is 23.1 Å². The van der Waals surface area contributed by atoms with Gasteiger partial charge in [0.2, 0.25) is 0 Å². The Morgan fingerprint density at radius 1 is 1.18 bits per heavy atom. The van der Waals surface area contributed by atoms with Gasteiger partial charge >= 0.3 is 5.97 Å². The topological polar surface area (TPSA) is 103 Å². The van der Waals surface area contributed by atoms with Crippen LogP contribution in [-0.2, 0) is 16.0 Å². The number of hydrogen-bond donors (Lipinski definition) is 1. The molecule has 0 aromatic heterocycles. The first-order valence-corrected chi connectivity index (χ1v) is 10.8. The molecule has 0 bridgehead atoms. The SMILES string of the molecule is C=CCc1cc(/C=C(/C#N)C(=O)N2CCN(c3ccccc3)CC2)cc(OC)c1OCC(=O)O. The van der Waals surface area contributed by atoms with Crippen molar-refractivity contribution in [1.82, 2.24) is 4.90 Å². The molecule has 2 aromatic carbocycles. The van der Waals surface area contributed by atoms with E-state index in [0.717, 1.165) is 5.69 Å². The summed E-state index contributed by atoms with van der Waals surface area (Å²) in [6, 6.07) is 15.4. The highest BCUT2D eigenvalue weighted by Gasteiger charge is 2.24. The molecule has 1 amide bonds. The van der Waals surface area contributed by atoms with Crippen LogP contribution in [0.3, 0.4) is 0 Å². The second-order valence-electron chi connectivity index (χ2n) is 7.67. The standard InChI is InChI=1S/C26H27N3O5/c1-3-7-20-14-19(16-23(33-2)25(20)34-18-24(30)31)15-21(17-27)26(32)29-12-10-28(11-13-29)22-8-5-4-6-9-22/h3-6,8-9,14-16H,1,7,10-13,18H2,2H3,(H,30,31)/b21-15-. The number of carboxylic acids is 1. The van der Waals surface area contributed by atoms with E-state index in [9.17, 15) is 14.9 Å². The lowest BCUT2D eigenvalue weighted by atomic mass is 10.0. The van der Waals surface area contributed by atoms with Crippen LogP contribution in [0.15, 0.2) is 60.7 Å². The molecular weight excluding hydrogens is 434 g/mol. The maximum Gasteiger partial charge on any atom is 0.341 e. The lowest BCUT2D eigenvalue weighted by molar-refractivity contribution is -0.139. The Balaban J connectivity index is 1.80. The molecule has 1 fully saturated rings. The van der Waals surface area contributed by atoms with Gasteiger partial charge in [0.15, 0.2) is 18.1 Å². The van der Waals surface area contributed by atoms with Crippen LogP contribution in [-0.4, -0.2) is 61.8 Å². The first kappa shape index (κ1) is 24.4. The monoisotopic (exact) mass is 461 g/mol. The van der Waals surface area contributed by atoms with Gasteiger partial charge in [-0.15, -0.1) is 6.58 Å². The van der Waals surface area contributed by atoms with E-state index in [2.05, 4.69) is 11.5 Å². The van der Waals surface area contributed by atoms with E-state index in [0.29, 0.717) is 55.2 Å². The van der Waals surface area contributed by atoms with Crippen molar-refractivity contribution in [2.24, 2.45) is 0 Å². The molecular formula is C26H27N3O5. The minimum atomic E-state index is -1.11. The summed E-state index contributed by atoms with van der Waals surface area (Å²) >= 11 is 0. The second kappa shape index (κ2) is 11.6. The number of carbonyl (C=O) groups excluding carboxylic acids is 1. The average Bonchev–Trinajstić information content (AvgIpc) is 2.86. The van der Waals surface area contributed by atoms with Crippen LogP contribution < -0.4 is 14.4 Å². The first-order chi connectivity index (χ1) is 16.5. The summed E-state index contributed by atoms with van der Waals surface area (Å²) in [7, 11) is 1.44. The number of amides is 1. The molecule has 8 nitrogen and oxygen atoms in total. The minimum Gasteiger partial charge on any atom is -0.493 e. The molecule has 0 unspecified atom stereocenters. The molecule has 0 spiro atoms. The van der Waals surface area contributed by atoms with E-state index in [-0.39, 0.29) is 11.5 Å². The summed E-state index contributed by atoms with van der Waals surface area (Å²) in [6.45, 7) is 5.60. The van der Waals surface area contributed by atoms with E-state index in [4.69, 9.17) is 14.6 Å². The third-order valence-electron chi connectivity index (χ3n) is 5.43. The van der Waals surface area contributed by atoms with Crippen molar-refractivity contribution in [2.45, 2.75) is 6.42 Å². The highest BCUT2D eigenvalue weighted by molar-refractivity contribution is 6.02. The number of carbonyl (C=O) groups is 2. The van der Waals surface area contributed by atoms with Gasteiger partial charge in [-0.25, -0.2) is 4.79 Å². The number of aliphatic carboxylic acids is 1. The van der Waals surface area contributed by atoms with Gasteiger partial charge in [-0.05, 0) is 42.3 Å². The lowest BCUT2D eigenvalue weighted by Crippen LogP contribution is -2.49. The molecule has 1 N–H and O–H groups in total. The zero-order valence-corrected chi connectivity index (χ0v) is 19.1. The van der Waals surface area contributed by atoms with Crippen molar-refractivity contribution >= 4 is 23.6 Å². The van der Waals surface area contributed by atoms with Crippen molar-refractivity contribution in [1.29, 1.82) is 5.26 Å². The zero-order chi connectivity index (χ0) is 24.5. The van der Waals surface area contributed by atoms with Crippen LogP contribution in [0.5, 0.6) is 11.5 Å². The molecule has 0 aliphatic carbocycles. The third kappa shape index (κ3) is 5.95. The Hall–Kier alpha value is -4.25. The number of anilines is 1. The quantitative estimate of drug-likeness (QED) is 0.348. The van der Waals surface area contributed by atoms with Crippen molar-refractivity contribution < 1.29 is 24.2 Å². The molecule has 1 heterocycles. The van der Waals surface area contributed by atoms with Gasteiger partial charge in [0.1, 0.15) is 11.6 Å². The molecule has 0 radical (unpaired) electrons. The Bertz CT molecular complexity index is 1110. The first-order valence-electron chi connectivity index (χ1n) is 10.8. The molecule has 2 aromatic rings. The van der Waals surface area contributed by atoms with Gasteiger partial charge in [0.25, 0.3) is 5.91 Å². The summed E-state index contributed by atoms with van der Waals surface area (Å²) in [6.07, 6.45) is 3.56. The highest BCUT2D eigenvalue weighted by atomic mass is 16.5. The summed E-state index contributed by atoms with van der Waals surface area (Å²) in [5, 5.41) is 18.7. The molecule has 8 heteroatoms. The van der Waals surface area contributed by atoms with Crippen LogP contribution in [0.2, 0.25) is 0 Å². The molecule has 0 saturated carbocycles. The number of carboxylic acid groups (broad SMARTS) is 1. The molecule has 3 rings (SSSR count). The number of ether oxygens (including phenoxy) is 2. The van der Waals surface area contributed by atoms with E-state index >= 15 is 0 Å². The fraction of sp³-hybridized carbons (Fsp3) is 0.269. The average molecular weight is 462 g/mol. The smallest absolute Gasteiger partial charge is 0.341 e. The number of nitriles is 1. The number of nitrogens with zero attached hydrogens (tertiary/aromatic N) is 3. The fourth-order valence-electron chi connectivity index (χ4n) is 3.81. The number of para-hydroxylation sites is 1. The Labute approximate surface area is 198 Å². The van der Waals surface area contributed by atoms with E-state index in [1.807, 2.05) is 36.4 Å². The van der Waals surface area contributed by atoms with E-state index < -0.39 is 12.6 Å². The maximum atomic E-state index is 13.1. The molecule has 1 aliphatic rings. The number of methoxy groups -OCH3 is 1. The van der Waals surface area contributed by atoms with Crippen molar-refractivity contribution in [3.05, 3.63) is 71.8 Å². The van der Waals surface area contributed by atoms with Crippen LogP contribution in [0.25, 0.3) is 6.08 Å². The van der Waals surface area contributed by atoms with Crippen LogP contribution in [0, 0.1) is 11.3 Å². The number of rotatable bonds is 9. The molecule has 176 valence electrons. The van der Waals surface area contributed by atoms with E-state index in [1.165, 1.54) is 13.2 Å². The largest absolute Gasteiger partial charge is 0.493 e. The number of hydrogen-bond acceptors (Lipinski definition) is 6. The molecule has 1 saturated heterocycles. The third-order valence-corrected chi connectivity index (χ3v) is 5.43. The van der Waals surface area contributed by atoms with Gasteiger partial charge in [-0.2, -0.15) is 5.26 Å². The highest BCUT2D eigenvalue weighted by Crippen LogP contribution is 2.34. The van der Waals surface area contributed by atoms with Gasteiger partial charge in [-0.3, -0.25) is 4.79 Å². The Morgan fingerprint density at radius 2 is 1.88 bits per heavy atom. The fourth-order valence-corrected chi connectivity index (χ4v) is 3.81. The minimum absolute atomic E-state index is 0.0129. The maximum absolute atomic E-state index is 13.1. The Morgan fingerprint density at radius 3 is 2.47 bits per heavy atom. The normalized spacial score (nSPS) is 13.7.